The van der Waals surface area contributed by atoms with Crippen molar-refractivity contribution < 1.29 is 9.90 Å². The third kappa shape index (κ3) is 2.14. The van der Waals surface area contributed by atoms with E-state index in [2.05, 4.69) is 32.1 Å². The van der Waals surface area contributed by atoms with E-state index in [9.17, 15) is 9.90 Å². The molecule has 2 heteroatoms. The molecule has 0 aliphatic heterocycles. The van der Waals surface area contributed by atoms with Crippen LogP contribution in [0.1, 0.15) is 78.6 Å². The summed E-state index contributed by atoms with van der Waals surface area (Å²) in [6, 6.07) is 0. The van der Waals surface area contributed by atoms with Crippen LogP contribution in [0.25, 0.3) is 0 Å². The second-order valence-corrected chi connectivity index (χ2v) is 11.0. The number of carbonyl (C=O) groups excluding carboxylic acids is 1. The highest BCUT2D eigenvalue weighted by atomic mass is 16.3. The van der Waals surface area contributed by atoms with Gasteiger partial charge < -0.3 is 5.11 Å². The van der Waals surface area contributed by atoms with Crippen LogP contribution in [0, 0.1) is 39.9 Å². The molecule has 0 aromatic heterocycles. The molecule has 0 aromatic carbocycles. The first kappa shape index (κ1) is 18.2. The third-order valence-corrected chi connectivity index (χ3v) is 10.4. The number of hydrogen-bond acceptors (Lipinski definition) is 2. The molecule has 3 fully saturated rings. The van der Waals surface area contributed by atoms with Crippen LogP contribution in [0.3, 0.4) is 0 Å². The molecule has 0 aromatic rings. The summed E-state index contributed by atoms with van der Waals surface area (Å²) in [6.07, 6.45) is 17.0. The van der Waals surface area contributed by atoms with Crippen molar-refractivity contribution >= 4 is 5.78 Å². The molecule has 0 radical (unpaired) electrons. The van der Waals surface area contributed by atoms with Crippen LogP contribution in [0.4, 0.5) is 0 Å². The van der Waals surface area contributed by atoms with Crippen LogP contribution in [-0.4, -0.2) is 17.0 Å². The standard InChI is InChI=1S/C25H36O2/c1-16(26)25-11-5-4-6-18(25)15-22-20-8-7-17-14-19(27)9-12-23(17,2)21(20)10-13-24(22,25)3/h4-5,7,18-22,27H,6,8-15H2,1-3H3/t18-,19-,20+,21-,22-,23-,24-,25-/m0/s1. The van der Waals surface area contributed by atoms with E-state index in [1.165, 1.54) is 25.7 Å². The molecule has 5 rings (SSSR count). The topological polar surface area (TPSA) is 37.3 Å². The minimum atomic E-state index is -0.129. The highest BCUT2D eigenvalue weighted by Crippen LogP contribution is 2.73. The quantitative estimate of drug-likeness (QED) is 0.624. The number of aliphatic hydroxyl groups excluding tert-OH is 1. The Bertz CT molecular complexity index is 720. The van der Waals surface area contributed by atoms with Crippen LogP contribution in [0.2, 0.25) is 0 Å². The zero-order valence-electron chi connectivity index (χ0n) is 17.3. The summed E-state index contributed by atoms with van der Waals surface area (Å²) >= 11 is 0. The fraction of sp³-hybridized carbons (Fsp3) is 0.800. The predicted molar refractivity (Wildman–Crippen MR) is 108 cm³/mol. The highest BCUT2D eigenvalue weighted by molar-refractivity contribution is 5.85. The Morgan fingerprint density at radius 3 is 2.70 bits per heavy atom. The molecule has 0 unspecified atom stereocenters. The molecular weight excluding hydrogens is 332 g/mol. The van der Waals surface area contributed by atoms with Gasteiger partial charge in [0.25, 0.3) is 0 Å². The number of aliphatic hydroxyl groups is 1. The van der Waals surface area contributed by atoms with Gasteiger partial charge in [-0.2, -0.15) is 0 Å². The van der Waals surface area contributed by atoms with E-state index in [0.29, 0.717) is 23.0 Å². The Balaban J connectivity index is 1.54. The first-order chi connectivity index (χ1) is 12.8. The van der Waals surface area contributed by atoms with Crippen molar-refractivity contribution in [1.29, 1.82) is 0 Å². The molecule has 3 saturated carbocycles. The van der Waals surface area contributed by atoms with E-state index < -0.39 is 0 Å². The summed E-state index contributed by atoms with van der Waals surface area (Å²) in [5.41, 5.74) is 1.90. The summed E-state index contributed by atoms with van der Waals surface area (Å²) in [5.74, 6) is 3.18. The first-order valence-electron chi connectivity index (χ1n) is 11.4. The number of ketones is 1. The lowest BCUT2D eigenvalue weighted by Crippen LogP contribution is -2.54. The predicted octanol–water partition coefficient (Wildman–Crippen LogP) is 5.46. The monoisotopic (exact) mass is 368 g/mol. The molecule has 0 heterocycles. The number of hydrogen-bond donors (Lipinski definition) is 1. The van der Waals surface area contributed by atoms with Gasteiger partial charge in [0.2, 0.25) is 0 Å². The molecule has 5 aliphatic carbocycles. The summed E-state index contributed by atoms with van der Waals surface area (Å²) < 4.78 is 0. The van der Waals surface area contributed by atoms with Crippen LogP contribution in [-0.2, 0) is 4.79 Å². The van der Waals surface area contributed by atoms with Crippen molar-refractivity contribution in [1.82, 2.24) is 0 Å². The number of rotatable bonds is 1. The van der Waals surface area contributed by atoms with Gasteiger partial charge in [0.1, 0.15) is 5.78 Å². The molecule has 27 heavy (non-hydrogen) atoms. The van der Waals surface area contributed by atoms with Crippen molar-refractivity contribution in [2.24, 2.45) is 39.9 Å². The van der Waals surface area contributed by atoms with Crippen LogP contribution < -0.4 is 0 Å². The largest absolute Gasteiger partial charge is 0.393 e. The van der Waals surface area contributed by atoms with Crippen LogP contribution in [0.15, 0.2) is 23.8 Å². The highest BCUT2D eigenvalue weighted by Gasteiger charge is 2.68. The summed E-state index contributed by atoms with van der Waals surface area (Å²) in [5, 5.41) is 10.2. The Labute approximate surface area is 164 Å². The minimum absolute atomic E-state index is 0.106. The SMILES string of the molecule is CC(=O)[C@@]12CC=CC[C@H]1C[C@H]1[C@@H]3CC=C4C[C@@H](O)CC[C@]4(C)[C@H]3CC[C@@]12C. The van der Waals surface area contributed by atoms with Crippen LogP contribution >= 0.6 is 0 Å². The Morgan fingerprint density at radius 2 is 1.93 bits per heavy atom. The fourth-order valence-corrected chi connectivity index (χ4v) is 8.98. The normalized spacial score (nSPS) is 53.6. The number of carbonyl (C=O) groups is 1. The Hall–Kier alpha value is -0.890. The lowest BCUT2D eigenvalue weighted by Gasteiger charge is -2.60. The van der Waals surface area contributed by atoms with E-state index in [1.807, 2.05) is 6.92 Å². The first-order valence-corrected chi connectivity index (χ1v) is 11.4. The van der Waals surface area contributed by atoms with Gasteiger partial charge in [-0.25, -0.2) is 0 Å². The molecule has 8 atom stereocenters. The van der Waals surface area contributed by atoms with Gasteiger partial charge in [0, 0.05) is 5.41 Å². The number of Topliss-reactive ketones (excluding diaryl/α,β-unsaturated/α-hetero) is 1. The average molecular weight is 369 g/mol. The van der Waals surface area contributed by atoms with Crippen molar-refractivity contribution in [2.75, 3.05) is 0 Å². The van der Waals surface area contributed by atoms with E-state index in [4.69, 9.17) is 0 Å². The maximum absolute atomic E-state index is 13.1. The number of allylic oxidation sites excluding steroid dienone is 3. The van der Waals surface area contributed by atoms with Crippen molar-refractivity contribution in [3.8, 4) is 0 Å². The zero-order chi connectivity index (χ0) is 19.0. The molecule has 0 amide bonds. The van der Waals surface area contributed by atoms with Gasteiger partial charge >= 0.3 is 0 Å². The van der Waals surface area contributed by atoms with Gasteiger partial charge in [0.15, 0.2) is 0 Å². The molecule has 2 nitrogen and oxygen atoms in total. The molecule has 0 spiro atoms. The minimum Gasteiger partial charge on any atom is -0.393 e. The molecule has 5 aliphatic rings. The van der Waals surface area contributed by atoms with Gasteiger partial charge in [0.05, 0.1) is 6.10 Å². The summed E-state index contributed by atoms with van der Waals surface area (Å²) in [4.78, 5) is 13.1. The molecule has 0 bridgehead atoms. The van der Waals surface area contributed by atoms with E-state index in [0.717, 1.165) is 43.9 Å². The molecule has 1 N–H and O–H groups in total. The third-order valence-electron chi connectivity index (χ3n) is 10.4. The summed E-state index contributed by atoms with van der Waals surface area (Å²) in [7, 11) is 0. The van der Waals surface area contributed by atoms with E-state index in [-0.39, 0.29) is 16.9 Å². The Kier molecular flexibility index (Phi) is 3.91. The van der Waals surface area contributed by atoms with Gasteiger partial charge in [-0.05, 0) is 99.2 Å². The van der Waals surface area contributed by atoms with Crippen molar-refractivity contribution in [3.63, 3.8) is 0 Å². The smallest absolute Gasteiger partial charge is 0.137 e. The summed E-state index contributed by atoms with van der Waals surface area (Å²) in [6.45, 7) is 6.86. The van der Waals surface area contributed by atoms with Gasteiger partial charge in [-0.3, -0.25) is 4.79 Å². The van der Waals surface area contributed by atoms with Crippen molar-refractivity contribution in [3.05, 3.63) is 23.8 Å². The molecule has 148 valence electrons. The van der Waals surface area contributed by atoms with Crippen LogP contribution in [0.5, 0.6) is 0 Å². The molecular formula is C25H36O2. The maximum Gasteiger partial charge on any atom is 0.137 e. The lowest BCUT2D eigenvalue weighted by atomic mass is 9.44. The average Bonchev–Trinajstić information content (AvgIpc) is 2.92. The lowest BCUT2D eigenvalue weighted by molar-refractivity contribution is -0.144. The fourth-order valence-electron chi connectivity index (χ4n) is 8.98. The maximum atomic E-state index is 13.1. The van der Waals surface area contributed by atoms with Gasteiger partial charge in [-0.15, -0.1) is 0 Å². The second-order valence-electron chi connectivity index (χ2n) is 11.0. The van der Waals surface area contributed by atoms with Crippen molar-refractivity contribution in [2.45, 2.75) is 84.7 Å². The van der Waals surface area contributed by atoms with Gasteiger partial charge in [-0.1, -0.05) is 37.6 Å². The molecule has 0 saturated heterocycles. The Morgan fingerprint density at radius 1 is 1.11 bits per heavy atom. The second kappa shape index (κ2) is 5.81. The van der Waals surface area contributed by atoms with E-state index in [1.54, 1.807) is 5.57 Å². The number of fused-ring (bicyclic) bond motifs is 7. The zero-order valence-corrected chi connectivity index (χ0v) is 17.3. The van der Waals surface area contributed by atoms with E-state index >= 15 is 0 Å².